The average molecular weight is 419 g/mol. The summed E-state index contributed by atoms with van der Waals surface area (Å²) in [6.45, 7) is 1.01. The first-order valence-corrected chi connectivity index (χ1v) is 10.0. The second-order valence-electron chi connectivity index (χ2n) is 6.36. The van der Waals surface area contributed by atoms with E-state index in [0.29, 0.717) is 19.0 Å². The summed E-state index contributed by atoms with van der Waals surface area (Å²) in [5, 5.41) is 16.2. The summed E-state index contributed by atoms with van der Waals surface area (Å²) in [7, 11) is -1.89. The number of amides is 1. The molecule has 0 fully saturated rings. The van der Waals surface area contributed by atoms with Crippen LogP contribution in [-0.2, 0) is 10.0 Å². The zero-order valence-corrected chi connectivity index (χ0v) is 16.2. The van der Waals surface area contributed by atoms with Gasteiger partial charge in [0.2, 0.25) is 5.96 Å². The van der Waals surface area contributed by atoms with Crippen LogP contribution < -0.4 is 20.3 Å². The van der Waals surface area contributed by atoms with Crippen LogP contribution in [-0.4, -0.2) is 45.6 Å². The van der Waals surface area contributed by atoms with Crippen LogP contribution in [0.15, 0.2) is 58.4 Å². The lowest BCUT2D eigenvalue weighted by Crippen LogP contribution is -3.11. The topological polar surface area (TPSA) is 147 Å². The summed E-state index contributed by atoms with van der Waals surface area (Å²) in [6, 6.07) is 10.8. The van der Waals surface area contributed by atoms with Gasteiger partial charge in [-0.3, -0.25) is 14.9 Å². The molecule has 0 radical (unpaired) electrons. The number of quaternary nitrogens is 1. The Bertz CT molecular complexity index is 1050. The molecule has 2 aromatic rings. The van der Waals surface area contributed by atoms with Crippen molar-refractivity contribution in [1.29, 1.82) is 0 Å². The molecule has 1 heterocycles. The third kappa shape index (κ3) is 5.06. The monoisotopic (exact) mass is 419 g/mol. The fourth-order valence-corrected chi connectivity index (χ4v) is 3.47. The maximum Gasteiger partial charge on any atom is 0.269 e. The fourth-order valence-electron chi connectivity index (χ4n) is 2.47. The van der Waals surface area contributed by atoms with Gasteiger partial charge in [-0.05, 0) is 36.4 Å². The summed E-state index contributed by atoms with van der Waals surface area (Å²) >= 11 is 0. The molecule has 0 spiro atoms. The largest absolute Gasteiger partial charge is 0.322 e. The van der Waals surface area contributed by atoms with Crippen molar-refractivity contribution in [1.82, 2.24) is 10.0 Å². The Hall–Kier alpha value is -3.51. The highest BCUT2D eigenvalue weighted by Gasteiger charge is 2.19. The summed E-state index contributed by atoms with van der Waals surface area (Å²) < 4.78 is 27.3. The van der Waals surface area contributed by atoms with Gasteiger partial charge in [0, 0.05) is 23.4 Å². The van der Waals surface area contributed by atoms with Gasteiger partial charge in [0.25, 0.3) is 21.6 Å². The SMILES string of the molecule is C[NH+]1CN=C(NS(=O)(=O)c2ccc(NC(=O)c3ccc([N+](=O)[O-])cc3)cc2)NC1. The molecule has 0 saturated heterocycles. The van der Waals surface area contributed by atoms with E-state index in [9.17, 15) is 23.3 Å². The van der Waals surface area contributed by atoms with E-state index in [1.54, 1.807) is 0 Å². The van der Waals surface area contributed by atoms with Gasteiger partial charge in [0.1, 0.15) is 0 Å². The number of nitrogens with one attached hydrogen (secondary N) is 4. The van der Waals surface area contributed by atoms with Crippen LogP contribution >= 0.6 is 0 Å². The molecule has 1 unspecified atom stereocenters. The Labute approximate surface area is 166 Å². The van der Waals surface area contributed by atoms with Crippen molar-refractivity contribution in [3.05, 3.63) is 64.2 Å². The maximum absolute atomic E-state index is 12.4. The summed E-state index contributed by atoms with van der Waals surface area (Å²) in [5.41, 5.74) is 0.502. The van der Waals surface area contributed by atoms with Crippen molar-refractivity contribution in [3.63, 3.8) is 0 Å². The van der Waals surface area contributed by atoms with E-state index < -0.39 is 20.9 Å². The summed E-state index contributed by atoms with van der Waals surface area (Å²) in [4.78, 5) is 27.6. The van der Waals surface area contributed by atoms with Crippen molar-refractivity contribution in [2.75, 3.05) is 25.7 Å². The van der Waals surface area contributed by atoms with Gasteiger partial charge in [-0.25, -0.2) is 13.1 Å². The van der Waals surface area contributed by atoms with Crippen LogP contribution in [0.1, 0.15) is 10.4 Å². The molecule has 0 bridgehead atoms. The Morgan fingerprint density at radius 1 is 1.17 bits per heavy atom. The molecule has 1 atom stereocenters. The molecule has 0 aromatic heterocycles. The third-order valence-corrected chi connectivity index (χ3v) is 5.41. The number of carbonyl (C=O) groups is 1. The zero-order chi connectivity index (χ0) is 21.0. The van der Waals surface area contributed by atoms with Gasteiger partial charge >= 0.3 is 0 Å². The normalized spacial score (nSPS) is 16.3. The first-order valence-electron chi connectivity index (χ1n) is 8.53. The lowest BCUT2D eigenvalue weighted by Gasteiger charge is -2.20. The van der Waals surface area contributed by atoms with Gasteiger partial charge in [-0.1, -0.05) is 0 Å². The molecule has 29 heavy (non-hydrogen) atoms. The quantitative estimate of drug-likeness (QED) is 0.380. The van der Waals surface area contributed by atoms with Crippen molar-refractivity contribution in [3.8, 4) is 0 Å². The number of guanidine groups is 1. The first-order chi connectivity index (χ1) is 13.7. The van der Waals surface area contributed by atoms with Crippen molar-refractivity contribution < 1.29 is 23.0 Å². The van der Waals surface area contributed by atoms with Crippen LogP contribution in [0.25, 0.3) is 0 Å². The minimum atomic E-state index is -3.82. The second-order valence-corrected chi connectivity index (χ2v) is 8.05. The van der Waals surface area contributed by atoms with Crippen molar-refractivity contribution in [2.45, 2.75) is 4.90 Å². The van der Waals surface area contributed by atoms with Gasteiger partial charge < -0.3 is 15.5 Å². The molecule has 0 aliphatic carbocycles. The number of rotatable bonds is 5. The number of hydrogen-bond acceptors (Lipinski definition) is 7. The number of hydrogen-bond donors (Lipinski definition) is 4. The van der Waals surface area contributed by atoms with Crippen LogP contribution in [0.2, 0.25) is 0 Å². The van der Waals surface area contributed by atoms with E-state index in [2.05, 4.69) is 20.3 Å². The molecule has 2 aromatic carbocycles. The molecule has 4 N–H and O–H groups in total. The molecule has 3 rings (SSSR count). The molecular weight excluding hydrogens is 400 g/mol. The number of nitro benzene ring substituents is 1. The van der Waals surface area contributed by atoms with E-state index in [1.165, 1.54) is 48.5 Å². The van der Waals surface area contributed by atoms with E-state index in [-0.39, 0.29) is 22.1 Å². The van der Waals surface area contributed by atoms with E-state index in [1.807, 2.05) is 7.05 Å². The van der Waals surface area contributed by atoms with Crippen LogP contribution in [0, 0.1) is 10.1 Å². The third-order valence-electron chi connectivity index (χ3n) is 4.06. The first kappa shape index (κ1) is 20.2. The molecule has 1 amide bonds. The minimum Gasteiger partial charge on any atom is -0.322 e. The zero-order valence-electron chi connectivity index (χ0n) is 15.4. The summed E-state index contributed by atoms with van der Waals surface area (Å²) in [6.07, 6.45) is 0. The van der Waals surface area contributed by atoms with Crippen LogP contribution in [0.4, 0.5) is 11.4 Å². The lowest BCUT2D eigenvalue weighted by atomic mass is 10.2. The van der Waals surface area contributed by atoms with Crippen LogP contribution in [0.3, 0.4) is 0 Å². The molecule has 152 valence electrons. The second kappa shape index (κ2) is 8.24. The number of aliphatic imine (C=N–C) groups is 1. The van der Waals surface area contributed by atoms with Crippen molar-refractivity contribution in [2.24, 2.45) is 4.99 Å². The number of nitro groups is 1. The number of carbonyl (C=O) groups excluding carboxylic acids is 1. The van der Waals surface area contributed by atoms with Gasteiger partial charge in [0.05, 0.1) is 16.9 Å². The molecule has 12 heteroatoms. The smallest absolute Gasteiger partial charge is 0.269 e. The molecule has 1 aliphatic rings. The number of non-ortho nitro benzene ring substituents is 1. The van der Waals surface area contributed by atoms with E-state index >= 15 is 0 Å². The highest BCUT2D eigenvalue weighted by Crippen LogP contribution is 2.16. The fraction of sp³-hybridized carbons (Fsp3) is 0.176. The van der Waals surface area contributed by atoms with E-state index in [0.717, 1.165) is 4.90 Å². The Kier molecular flexibility index (Phi) is 5.75. The highest BCUT2D eigenvalue weighted by molar-refractivity contribution is 7.90. The highest BCUT2D eigenvalue weighted by atomic mass is 32.2. The molecule has 0 saturated carbocycles. The Morgan fingerprint density at radius 2 is 1.83 bits per heavy atom. The number of sulfonamides is 1. The van der Waals surface area contributed by atoms with Gasteiger partial charge in [-0.15, -0.1) is 0 Å². The summed E-state index contributed by atoms with van der Waals surface area (Å²) in [5.74, 6) is -0.285. The maximum atomic E-state index is 12.4. The standard InChI is InChI=1S/C17H18N6O5S/c1-22-10-18-17(19-11-22)21-29(27,28)15-8-4-13(5-9-15)20-16(24)12-2-6-14(7-3-12)23(25)26/h2-9H,10-11H2,1H3,(H,20,24)(H2,18,19,21)/p+1. The molecular formula is C17H19N6O5S+. The van der Waals surface area contributed by atoms with Gasteiger partial charge in [-0.2, -0.15) is 4.99 Å². The predicted molar refractivity (Wildman–Crippen MR) is 105 cm³/mol. The van der Waals surface area contributed by atoms with Crippen molar-refractivity contribution >= 4 is 33.3 Å². The molecule has 1 aliphatic heterocycles. The number of benzene rings is 2. The predicted octanol–water partition coefficient (Wildman–Crippen LogP) is -0.486. The average Bonchev–Trinajstić information content (AvgIpc) is 2.70. The number of anilines is 1. The Morgan fingerprint density at radius 3 is 2.38 bits per heavy atom. The lowest BCUT2D eigenvalue weighted by molar-refractivity contribution is -0.882. The minimum absolute atomic E-state index is 0.0154. The van der Waals surface area contributed by atoms with Gasteiger partial charge in [0.15, 0.2) is 13.3 Å². The van der Waals surface area contributed by atoms with Crippen LogP contribution in [0.5, 0.6) is 0 Å². The molecule has 11 nitrogen and oxygen atoms in total. The number of nitrogens with zero attached hydrogens (tertiary/aromatic N) is 2. The Balaban J connectivity index is 1.66. The van der Waals surface area contributed by atoms with E-state index in [4.69, 9.17) is 0 Å².